The van der Waals surface area contributed by atoms with Gasteiger partial charge in [0.05, 0.1) is 5.69 Å². The van der Waals surface area contributed by atoms with Gasteiger partial charge in [-0.3, -0.25) is 5.32 Å². The highest BCUT2D eigenvalue weighted by atomic mass is 32.2. The number of thioether (sulfide) groups is 1. The van der Waals surface area contributed by atoms with Crippen LogP contribution in [-0.4, -0.2) is 36.1 Å². The van der Waals surface area contributed by atoms with Crippen molar-refractivity contribution >= 4 is 23.1 Å². The first-order chi connectivity index (χ1) is 9.04. The highest BCUT2D eigenvalue weighted by Crippen LogP contribution is 2.44. The first kappa shape index (κ1) is 13.1. The summed E-state index contributed by atoms with van der Waals surface area (Å²) in [5, 5.41) is 7.34. The fourth-order valence-electron chi connectivity index (χ4n) is 2.97. The monoisotopic (exact) mass is 278 g/mol. The van der Waals surface area contributed by atoms with Gasteiger partial charge in [0.1, 0.15) is 4.99 Å². The van der Waals surface area contributed by atoms with Crippen molar-refractivity contribution in [2.24, 2.45) is 0 Å². The number of benzene rings is 1. The smallest absolute Gasteiger partial charge is 0.138 e. The summed E-state index contributed by atoms with van der Waals surface area (Å²) < 4.78 is 0. The number of nitrogens with two attached hydrogens (primary N) is 1. The van der Waals surface area contributed by atoms with Crippen LogP contribution in [0.2, 0.25) is 0 Å². The maximum Gasteiger partial charge on any atom is 0.138 e. The summed E-state index contributed by atoms with van der Waals surface area (Å²) in [6.45, 7) is 4.55. The lowest BCUT2D eigenvalue weighted by molar-refractivity contribution is 0.217. The number of hydrogen-bond donors (Lipinski definition) is 3. The van der Waals surface area contributed by atoms with E-state index in [2.05, 4.69) is 35.6 Å². The molecule has 2 heterocycles. The predicted molar refractivity (Wildman–Crippen MR) is 82.4 cm³/mol. The largest absolute Gasteiger partial charge is 0.399 e. The molecular formula is C14H22N4S. The first-order valence-corrected chi connectivity index (χ1v) is 7.69. The molecule has 0 aliphatic carbocycles. The molecule has 4 nitrogen and oxygen atoms in total. The number of likely N-dealkylation sites (N-methyl/N-ethyl adjacent to an activating group) is 1. The van der Waals surface area contributed by atoms with Gasteiger partial charge in [-0.1, -0.05) is 11.8 Å². The van der Waals surface area contributed by atoms with Crippen molar-refractivity contribution in [3.63, 3.8) is 0 Å². The molecule has 1 saturated heterocycles. The van der Waals surface area contributed by atoms with Crippen LogP contribution < -0.4 is 16.4 Å². The highest BCUT2D eigenvalue weighted by molar-refractivity contribution is 8.01. The lowest BCUT2D eigenvalue weighted by Crippen LogP contribution is -2.54. The molecular weight excluding hydrogens is 256 g/mol. The SMILES string of the molecule is CN1CCCC(NC2(C)Nc3ccc(N)cc3S2)C1. The molecule has 2 aliphatic rings. The van der Waals surface area contributed by atoms with E-state index in [9.17, 15) is 0 Å². The van der Waals surface area contributed by atoms with Crippen molar-refractivity contribution in [2.75, 3.05) is 31.2 Å². The quantitative estimate of drug-likeness (QED) is 0.724. The Labute approximate surface area is 119 Å². The minimum atomic E-state index is -0.126. The number of nitrogens with one attached hydrogen (secondary N) is 2. The summed E-state index contributed by atoms with van der Waals surface area (Å²) in [6.07, 6.45) is 2.52. The standard InChI is InChI=1S/C14H22N4S/c1-14(16-11-4-3-7-18(2)9-11)17-12-6-5-10(15)8-13(12)19-14/h5-6,8,11,16-17H,3-4,7,9,15H2,1-2H3. The molecule has 0 amide bonds. The van der Waals surface area contributed by atoms with E-state index in [1.165, 1.54) is 30.0 Å². The number of anilines is 2. The van der Waals surface area contributed by atoms with Crippen molar-refractivity contribution in [1.29, 1.82) is 0 Å². The Morgan fingerprint density at radius 3 is 3.16 bits per heavy atom. The van der Waals surface area contributed by atoms with Crippen molar-refractivity contribution in [1.82, 2.24) is 10.2 Å². The molecule has 4 N–H and O–H groups in total. The van der Waals surface area contributed by atoms with Crippen LogP contribution in [0.4, 0.5) is 11.4 Å². The predicted octanol–water partition coefficient (Wildman–Crippen LogP) is 2.14. The second kappa shape index (κ2) is 4.89. The van der Waals surface area contributed by atoms with Gasteiger partial charge in [0.2, 0.25) is 0 Å². The molecule has 1 aromatic carbocycles. The third-order valence-electron chi connectivity index (χ3n) is 3.80. The highest BCUT2D eigenvalue weighted by Gasteiger charge is 2.35. The summed E-state index contributed by atoms with van der Waals surface area (Å²) in [7, 11) is 2.20. The number of piperidine rings is 1. The van der Waals surface area contributed by atoms with Gasteiger partial charge in [-0.15, -0.1) is 0 Å². The Kier molecular flexibility index (Phi) is 3.37. The van der Waals surface area contributed by atoms with Crippen LogP contribution in [0.15, 0.2) is 23.1 Å². The van der Waals surface area contributed by atoms with Crippen LogP contribution in [0.5, 0.6) is 0 Å². The Bertz CT molecular complexity index is 479. The summed E-state index contributed by atoms with van der Waals surface area (Å²) in [5.41, 5.74) is 7.86. The van der Waals surface area contributed by atoms with Gasteiger partial charge in [0.25, 0.3) is 0 Å². The van der Waals surface area contributed by atoms with Gasteiger partial charge in [0, 0.05) is 23.2 Å². The fraction of sp³-hybridized carbons (Fsp3) is 0.571. The molecule has 1 aromatic rings. The molecule has 2 atom stereocenters. The lowest BCUT2D eigenvalue weighted by atomic mass is 10.1. The molecule has 1 fully saturated rings. The Morgan fingerprint density at radius 1 is 1.53 bits per heavy atom. The second-order valence-electron chi connectivity index (χ2n) is 5.76. The Balaban J connectivity index is 1.69. The van der Waals surface area contributed by atoms with E-state index >= 15 is 0 Å². The van der Waals surface area contributed by atoms with Crippen LogP contribution in [-0.2, 0) is 0 Å². The molecule has 3 rings (SSSR count). The van der Waals surface area contributed by atoms with E-state index in [0.717, 1.165) is 12.2 Å². The first-order valence-electron chi connectivity index (χ1n) is 6.87. The van der Waals surface area contributed by atoms with Crippen molar-refractivity contribution in [2.45, 2.75) is 35.7 Å². The number of fused-ring (bicyclic) bond motifs is 1. The molecule has 5 heteroatoms. The fourth-order valence-corrected chi connectivity index (χ4v) is 4.22. The van der Waals surface area contributed by atoms with Crippen molar-refractivity contribution in [3.8, 4) is 0 Å². The number of hydrogen-bond acceptors (Lipinski definition) is 5. The molecule has 104 valence electrons. The normalized spacial score (nSPS) is 30.9. The average molecular weight is 278 g/mol. The third kappa shape index (κ3) is 2.83. The van der Waals surface area contributed by atoms with E-state index in [1.54, 1.807) is 0 Å². The lowest BCUT2D eigenvalue weighted by Gasteiger charge is -2.36. The van der Waals surface area contributed by atoms with Gasteiger partial charge in [-0.25, -0.2) is 0 Å². The Hall–Kier alpha value is -0.910. The topological polar surface area (TPSA) is 53.3 Å². The van der Waals surface area contributed by atoms with E-state index < -0.39 is 0 Å². The number of likely N-dealkylation sites (tertiary alicyclic amines) is 1. The zero-order valence-corrected chi connectivity index (χ0v) is 12.4. The van der Waals surface area contributed by atoms with E-state index in [1.807, 2.05) is 23.9 Å². The van der Waals surface area contributed by atoms with Gasteiger partial charge in [0.15, 0.2) is 0 Å². The van der Waals surface area contributed by atoms with E-state index in [0.29, 0.717) is 6.04 Å². The van der Waals surface area contributed by atoms with E-state index in [4.69, 9.17) is 5.73 Å². The molecule has 0 aromatic heterocycles. The van der Waals surface area contributed by atoms with E-state index in [-0.39, 0.29) is 4.99 Å². The van der Waals surface area contributed by atoms with Crippen LogP contribution in [0, 0.1) is 0 Å². The third-order valence-corrected chi connectivity index (χ3v) is 4.98. The molecule has 2 aliphatic heterocycles. The van der Waals surface area contributed by atoms with Crippen LogP contribution >= 0.6 is 11.8 Å². The van der Waals surface area contributed by atoms with Crippen LogP contribution in [0.3, 0.4) is 0 Å². The number of nitrogen functional groups attached to an aromatic ring is 1. The van der Waals surface area contributed by atoms with Gasteiger partial charge in [-0.2, -0.15) is 0 Å². The molecule has 0 spiro atoms. The summed E-state index contributed by atoms with van der Waals surface area (Å²) in [6, 6.07) is 6.62. The number of rotatable bonds is 2. The van der Waals surface area contributed by atoms with Crippen molar-refractivity contribution in [3.05, 3.63) is 18.2 Å². The van der Waals surface area contributed by atoms with Gasteiger partial charge < -0.3 is 16.0 Å². The average Bonchev–Trinajstić information content (AvgIpc) is 2.64. The molecule has 0 bridgehead atoms. The second-order valence-corrected chi connectivity index (χ2v) is 7.22. The molecule has 0 saturated carbocycles. The van der Waals surface area contributed by atoms with Gasteiger partial charge >= 0.3 is 0 Å². The van der Waals surface area contributed by atoms with Crippen LogP contribution in [0.1, 0.15) is 19.8 Å². The molecule has 19 heavy (non-hydrogen) atoms. The maximum absolute atomic E-state index is 5.85. The molecule has 2 unspecified atom stereocenters. The minimum absolute atomic E-state index is 0.126. The van der Waals surface area contributed by atoms with Gasteiger partial charge in [-0.05, 0) is 51.6 Å². The summed E-state index contributed by atoms with van der Waals surface area (Å²) in [5.74, 6) is 0. The minimum Gasteiger partial charge on any atom is -0.399 e. The number of nitrogens with zero attached hydrogens (tertiary/aromatic N) is 1. The maximum atomic E-state index is 5.85. The Morgan fingerprint density at radius 2 is 2.37 bits per heavy atom. The molecule has 0 radical (unpaired) electrons. The zero-order valence-electron chi connectivity index (χ0n) is 11.6. The zero-order chi connectivity index (χ0) is 13.5. The van der Waals surface area contributed by atoms with Crippen LogP contribution in [0.25, 0.3) is 0 Å². The summed E-state index contributed by atoms with van der Waals surface area (Å²) >= 11 is 1.83. The van der Waals surface area contributed by atoms with Crippen molar-refractivity contribution < 1.29 is 0 Å². The summed E-state index contributed by atoms with van der Waals surface area (Å²) in [4.78, 5) is 3.51.